The molecule has 56 heavy (non-hydrogen) atoms. The average molecular weight is 769 g/mol. The van der Waals surface area contributed by atoms with Crippen LogP contribution in [-0.4, -0.2) is 98.4 Å². The number of ether oxygens (including phenoxy) is 10. The Labute approximate surface area is 330 Å². The lowest BCUT2D eigenvalue weighted by atomic mass is 9.86. The molecule has 6 heterocycles. The Morgan fingerprint density at radius 1 is 0.571 bits per heavy atom. The first-order valence-corrected chi connectivity index (χ1v) is 20.6. The van der Waals surface area contributed by atoms with Crippen LogP contribution in [0.3, 0.4) is 0 Å². The fourth-order valence-electron chi connectivity index (χ4n) is 9.30. The molecule has 5 fully saturated rings. The number of benzene rings is 3. The maximum absolute atomic E-state index is 7.02. The van der Waals surface area contributed by atoms with E-state index in [2.05, 4.69) is 48.6 Å². The summed E-state index contributed by atoms with van der Waals surface area (Å²) in [6, 6.07) is 30.8. The van der Waals surface area contributed by atoms with Gasteiger partial charge in [-0.05, 0) is 49.8 Å². The fourth-order valence-corrected chi connectivity index (χ4v) is 9.30. The highest BCUT2D eigenvalue weighted by Crippen LogP contribution is 2.43. The normalized spacial score (nSPS) is 37.6. The van der Waals surface area contributed by atoms with Crippen molar-refractivity contribution in [1.29, 1.82) is 0 Å². The van der Waals surface area contributed by atoms with Crippen molar-refractivity contribution >= 4 is 0 Å². The lowest BCUT2D eigenvalue weighted by Crippen LogP contribution is -2.64. The Hall–Kier alpha value is -3.00. The minimum absolute atomic E-state index is 0.126. The van der Waals surface area contributed by atoms with Gasteiger partial charge in [0.05, 0.1) is 69.7 Å². The molecule has 0 N–H and O–H groups in total. The Morgan fingerprint density at radius 3 is 1.88 bits per heavy atom. The predicted molar refractivity (Wildman–Crippen MR) is 207 cm³/mol. The third-order valence-corrected chi connectivity index (χ3v) is 12.0. The second kappa shape index (κ2) is 17.5. The van der Waals surface area contributed by atoms with Crippen molar-refractivity contribution in [2.45, 2.75) is 151 Å². The molecular weight excluding hydrogens is 712 g/mol. The maximum Gasteiger partial charge on any atom is 0.163 e. The smallest absolute Gasteiger partial charge is 0.163 e. The van der Waals surface area contributed by atoms with E-state index in [9.17, 15) is 0 Å². The van der Waals surface area contributed by atoms with E-state index in [1.807, 2.05) is 68.4 Å². The van der Waals surface area contributed by atoms with Gasteiger partial charge in [0.2, 0.25) is 0 Å². The minimum Gasteiger partial charge on any atom is -0.374 e. The molecule has 0 saturated carbocycles. The van der Waals surface area contributed by atoms with Crippen molar-refractivity contribution in [1.82, 2.24) is 0 Å². The molecule has 0 amide bonds. The Balaban J connectivity index is 0.924. The van der Waals surface area contributed by atoms with Crippen molar-refractivity contribution in [3.63, 3.8) is 0 Å². The average Bonchev–Trinajstić information content (AvgIpc) is 3.29. The van der Waals surface area contributed by atoms with Gasteiger partial charge < -0.3 is 47.4 Å². The first-order chi connectivity index (χ1) is 27.4. The van der Waals surface area contributed by atoms with Crippen LogP contribution >= 0.6 is 0 Å². The summed E-state index contributed by atoms with van der Waals surface area (Å²) in [5, 5.41) is 0. The monoisotopic (exact) mass is 768 g/mol. The molecule has 0 radical (unpaired) electrons. The van der Waals surface area contributed by atoms with Crippen LogP contribution in [0, 0.1) is 0 Å². The molecule has 10 heteroatoms. The SMILES string of the molecule is CC1(C)O[C@H]2C[C@@H]3O[C@@H]4C[C@@H]5O[C@@H]6CCC[C@H](OCc7ccccc7)[C@@H](COCc7ccccc7)O[C@H]6C=C[C@H]5O[C@H]4[C@H](OCc4ccccc4)[C@H]3OC[C@H]2O1. The van der Waals surface area contributed by atoms with Crippen LogP contribution in [0.2, 0.25) is 0 Å². The fraction of sp³-hybridized carbons (Fsp3) is 0.565. The maximum atomic E-state index is 7.02. The zero-order chi connectivity index (χ0) is 37.9. The van der Waals surface area contributed by atoms with Crippen molar-refractivity contribution in [3.05, 3.63) is 120 Å². The molecule has 0 spiro atoms. The summed E-state index contributed by atoms with van der Waals surface area (Å²) < 4.78 is 66.9. The van der Waals surface area contributed by atoms with Crippen LogP contribution in [0.4, 0.5) is 0 Å². The number of hydrogen-bond acceptors (Lipinski definition) is 10. The molecule has 13 atom stereocenters. The van der Waals surface area contributed by atoms with Crippen molar-refractivity contribution < 1.29 is 47.4 Å². The summed E-state index contributed by atoms with van der Waals surface area (Å²) in [7, 11) is 0. The van der Waals surface area contributed by atoms with E-state index in [4.69, 9.17) is 47.4 Å². The van der Waals surface area contributed by atoms with E-state index in [0.717, 1.165) is 36.0 Å². The molecule has 0 aliphatic carbocycles. The molecule has 10 nitrogen and oxygen atoms in total. The molecule has 0 unspecified atom stereocenters. The quantitative estimate of drug-likeness (QED) is 0.204. The van der Waals surface area contributed by atoms with Crippen LogP contribution in [0.5, 0.6) is 0 Å². The molecule has 3 aromatic rings. The van der Waals surface area contributed by atoms with E-state index < -0.39 is 5.79 Å². The molecule has 5 saturated heterocycles. The zero-order valence-corrected chi connectivity index (χ0v) is 32.5. The molecular formula is C46H56O10. The van der Waals surface area contributed by atoms with Crippen molar-refractivity contribution in [2.24, 2.45) is 0 Å². The molecule has 3 aromatic carbocycles. The largest absolute Gasteiger partial charge is 0.374 e. The lowest BCUT2D eigenvalue weighted by molar-refractivity contribution is -0.301. The minimum atomic E-state index is -0.662. The first-order valence-electron chi connectivity index (χ1n) is 20.6. The van der Waals surface area contributed by atoms with E-state index in [0.29, 0.717) is 45.9 Å². The second-order valence-corrected chi connectivity index (χ2v) is 16.5. The van der Waals surface area contributed by atoms with Gasteiger partial charge in [-0.3, -0.25) is 0 Å². The molecule has 9 rings (SSSR count). The molecule has 6 aliphatic heterocycles. The highest BCUT2D eigenvalue weighted by Gasteiger charge is 2.56. The van der Waals surface area contributed by atoms with Crippen LogP contribution in [0.1, 0.15) is 62.6 Å². The molecule has 0 bridgehead atoms. The van der Waals surface area contributed by atoms with Crippen LogP contribution in [-0.2, 0) is 67.2 Å². The van der Waals surface area contributed by atoms with Gasteiger partial charge in [-0.15, -0.1) is 0 Å². The highest BCUT2D eigenvalue weighted by atomic mass is 16.8. The van der Waals surface area contributed by atoms with Crippen LogP contribution in [0.15, 0.2) is 103 Å². The highest BCUT2D eigenvalue weighted by molar-refractivity contribution is 5.16. The zero-order valence-electron chi connectivity index (χ0n) is 32.5. The molecule has 6 aliphatic rings. The topological polar surface area (TPSA) is 92.3 Å². The van der Waals surface area contributed by atoms with Gasteiger partial charge in [-0.25, -0.2) is 0 Å². The van der Waals surface area contributed by atoms with Gasteiger partial charge >= 0.3 is 0 Å². The van der Waals surface area contributed by atoms with Crippen LogP contribution in [0.25, 0.3) is 0 Å². The van der Waals surface area contributed by atoms with Gasteiger partial charge in [-0.2, -0.15) is 0 Å². The van der Waals surface area contributed by atoms with E-state index >= 15 is 0 Å². The Morgan fingerprint density at radius 2 is 1.16 bits per heavy atom. The van der Waals surface area contributed by atoms with Crippen LogP contribution < -0.4 is 0 Å². The number of fused-ring (bicyclic) bond motifs is 5. The predicted octanol–water partition coefficient (Wildman–Crippen LogP) is 6.87. The van der Waals surface area contributed by atoms with E-state index in [1.54, 1.807) is 0 Å². The number of hydrogen-bond donors (Lipinski definition) is 0. The summed E-state index contributed by atoms with van der Waals surface area (Å²) in [6.45, 7) is 6.19. The summed E-state index contributed by atoms with van der Waals surface area (Å²) in [5.74, 6) is -0.662. The van der Waals surface area contributed by atoms with Gasteiger partial charge in [0.1, 0.15) is 42.7 Å². The van der Waals surface area contributed by atoms with Crippen molar-refractivity contribution in [2.75, 3.05) is 13.2 Å². The Kier molecular flexibility index (Phi) is 12.0. The van der Waals surface area contributed by atoms with Gasteiger partial charge in [0, 0.05) is 12.8 Å². The van der Waals surface area contributed by atoms with Gasteiger partial charge in [0.25, 0.3) is 0 Å². The van der Waals surface area contributed by atoms with Gasteiger partial charge in [0.15, 0.2) is 5.79 Å². The third kappa shape index (κ3) is 9.00. The van der Waals surface area contributed by atoms with E-state index in [-0.39, 0.29) is 79.4 Å². The number of rotatable bonds is 10. The first kappa shape index (κ1) is 38.5. The second-order valence-electron chi connectivity index (χ2n) is 16.5. The summed E-state index contributed by atoms with van der Waals surface area (Å²) >= 11 is 0. The van der Waals surface area contributed by atoms with E-state index in [1.165, 1.54) is 0 Å². The summed E-state index contributed by atoms with van der Waals surface area (Å²) in [5.41, 5.74) is 3.36. The van der Waals surface area contributed by atoms with Gasteiger partial charge in [-0.1, -0.05) is 103 Å². The molecule has 300 valence electrons. The lowest BCUT2D eigenvalue weighted by Gasteiger charge is -2.51. The van der Waals surface area contributed by atoms with Crippen molar-refractivity contribution in [3.8, 4) is 0 Å². The Bertz CT molecular complexity index is 1710. The molecule has 0 aromatic heterocycles. The summed E-state index contributed by atoms with van der Waals surface area (Å²) in [6.07, 6.45) is 5.02. The summed E-state index contributed by atoms with van der Waals surface area (Å²) in [4.78, 5) is 0. The third-order valence-electron chi connectivity index (χ3n) is 12.0. The standard InChI is InChI=1S/C46H56O10/c1-46(2)55-38-24-39-43(50-29-42(38)56-46)45(49-27-32-17-10-5-11-18-32)44-40(53-39)23-37-36(54-44)22-21-35-34(51-37)20-12-19-33(48-26-31-15-8-4-9-16-31)41(52-35)28-47-25-30-13-6-3-7-14-30/h3-11,13-18,21-22,33-45H,12,19-20,23-29H2,1-2H3/t33-,34+,35-,36+,37-,38-,39-,40+,41+,42+,43-,44+,45+/m0/s1.